The smallest absolute Gasteiger partial charge is 0.299 e. The summed E-state index contributed by atoms with van der Waals surface area (Å²) in [6.07, 6.45) is 1.55. The second kappa shape index (κ2) is 3.09. The molecule has 0 aliphatic heterocycles. The molecule has 0 saturated heterocycles. The molecule has 6 nitrogen and oxygen atoms in total. The molecular weight excluding hydrogens is 200 g/mol. The van der Waals surface area contributed by atoms with Crippen molar-refractivity contribution in [3.05, 3.63) is 34.2 Å². The number of aldehydes is 1. The maximum Gasteiger partial charge on any atom is 0.299 e. The molecule has 15 heavy (non-hydrogen) atoms. The lowest BCUT2D eigenvalue weighted by Gasteiger charge is -2.05. The number of hydrogen-bond acceptors (Lipinski definition) is 5. The molecule has 2 rings (SSSR count). The summed E-state index contributed by atoms with van der Waals surface area (Å²) in [4.78, 5) is 25.6. The zero-order valence-corrected chi connectivity index (χ0v) is 7.41. The second-order valence-electron chi connectivity index (χ2n) is 2.87. The van der Waals surface area contributed by atoms with Crippen LogP contribution in [-0.2, 0) is 0 Å². The van der Waals surface area contributed by atoms with Gasteiger partial charge in [0, 0.05) is 6.20 Å². The van der Waals surface area contributed by atoms with E-state index < -0.39 is 16.9 Å². The third kappa shape index (κ3) is 1.15. The lowest BCUT2D eigenvalue weighted by molar-refractivity contribution is 0.111. The Balaban J connectivity index is 3.09. The van der Waals surface area contributed by atoms with Crippen LogP contribution in [0, 0.1) is 0 Å². The highest BCUT2D eigenvalue weighted by atomic mass is 16.5. The molecule has 2 aromatic rings. The van der Waals surface area contributed by atoms with Crippen molar-refractivity contribution in [3.8, 4) is 5.75 Å². The average Bonchev–Trinajstić information content (AvgIpc) is 2.27. The second-order valence-corrected chi connectivity index (χ2v) is 2.87. The van der Waals surface area contributed by atoms with Gasteiger partial charge in [0.2, 0.25) is 0 Å². The van der Waals surface area contributed by atoms with Crippen molar-refractivity contribution in [2.45, 2.75) is 0 Å². The molecule has 0 saturated carbocycles. The molecule has 0 radical (unpaired) electrons. The maximum absolute atomic E-state index is 11.3. The first-order chi connectivity index (χ1) is 7.16. The molecule has 0 atom stereocenters. The summed E-state index contributed by atoms with van der Waals surface area (Å²) in [5, 5.41) is 19.1. The van der Waals surface area contributed by atoms with E-state index >= 15 is 0 Å². The third-order valence-electron chi connectivity index (χ3n) is 2.04. The molecule has 0 aliphatic carbocycles. The van der Waals surface area contributed by atoms with Gasteiger partial charge in [0.05, 0.1) is 5.39 Å². The third-order valence-corrected chi connectivity index (χ3v) is 2.04. The van der Waals surface area contributed by atoms with Gasteiger partial charge in [-0.3, -0.25) is 9.59 Å². The van der Waals surface area contributed by atoms with Crippen LogP contribution < -0.4 is 5.56 Å². The summed E-state index contributed by atoms with van der Waals surface area (Å²) in [5.74, 6) is -0.469. The number of hydrogen-bond donors (Lipinski definition) is 2. The van der Waals surface area contributed by atoms with Gasteiger partial charge in [0.1, 0.15) is 11.3 Å². The zero-order valence-electron chi connectivity index (χ0n) is 7.41. The molecule has 6 heteroatoms. The SMILES string of the molecule is O=Cc1c(O)c2cccnc2n(O)c1=O. The van der Waals surface area contributed by atoms with Gasteiger partial charge >= 0.3 is 0 Å². The Morgan fingerprint density at radius 3 is 2.87 bits per heavy atom. The van der Waals surface area contributed by atoms with Crippen molar-refractivity contribution in [1.29, 1.82) is 0 Å². The topological polar surface area (TPSA) is 92.4 Å². The van der Waals surface area contributed by atoms with Crippen LogP contribution in [0.15, 0.2) is 23.1 Å². The van der Waals surface area contributed by atoms with Crippen molar-refractivity contribution in [2.24, 2.45) is 0 Å². The summed E-state index contributed by atoms with van der Waals surface area (Å²) in [5.41, 5.74) is -1.57. The highest BCUT2D eigenvalue weighted by molar-refractivity contribution is 5.91. The maximum atomic E-state index is 11.3. The van der Waals surface area contributed by atoms with E-state index in [1.807, 2.05) is 0 Å². The average molecular weight is 206 g/mol. The number of rotatable bonds is 1. The fourth-order valence-electron chi connectivity index (χ4n) is 1.31. The van der Waals surface area contributed by atoms with E-state index in [-0.39, 0.29) is 22.0 Å². The van der Waals surface area contributed by atoms with Gasteiger partial charge in [-0.25, -0.2) is 4.98 Å². The van der Waals surface area contributed by atoms with Crippen LogP contribution in [0.25, 0.3) is 11.0 Å². The Morgan fingerprint density at radius 2 is 2.20 bits per heavy atom. The Kier molecular flexibility index (Phi) is 1.89. The van der Waals surface area contributed by atoms with Crippen molar-refractivity contribution in [1.82, 2.24) is 9.71 Å². The summed E-state index contributed by atoms with van der Waals surface area (Å²) >= 11 is 0. The van der Waals surface area contributed by atoms with E-state index in [0.29, 0.717) is 0 Å². The van der Waals surface area contributed by atoms with Gasteiger partial charge in [0.15, 0.2) is 11.9 Å². The van der Waals surface area contributed by atoms with Crippen molar-refractivity contribution >= 4 is 17.3 Å². The summed E-state index contributed by atoms with van der Waals surface area (Å²) in [6, 6.07) is 2.96. The van der Waals surface area contributed by atoms with E-state index in [1.165, 1.54) is 18.3 Å². The first kappa shape index (κ1) is 9.20. The number of pyridine rings is 2. The normalized spacial score (nSPS) is 10.4. The summed E-state index contributed by atoms with van der Waals surface area (Å²) in [6.45, 7) is 0. The highest BCUT2D eigenvalue weighted by Gasteiger charge is 2.15. The van der Waals surface area contributed by atoms with E-state index in [2.05, 4.69) is 4.98 Å². The molecule has 0 amide bonds. The predicted molar refractivity (Wildman–Crippen MR) is 50.2 cm³/mol. The van der Waals surface area contributed by atoms with Crippen molar-refractivity contribution in [3.63, 3.8) is 0 Å². The Bertz CT molecular complexity index is 603. The summed E-state index contributed by atoms with van der Waals surface area (Å²) < 4.78 is 0.235. The molecule has 0 aliphatic rings. The minimum absolute atomic E-state index is 0.0920. The minimum atomic E-state index is -0.992. The molecule has 0 aromatic carbocycles. The number of aromatic hydroxyl groups is 1. The molecular formula is C9H6N2O4. The van der Waals surface area contributed by atoms with Gasteiger partial charge in [0.25, 0.3) is 5.56 Å². The van der Waals surface area contributed by atoms with Crippen molar-refractivity contribution in [2.75, 3.05) is 0 Å². The van der Waals surface area contributed by atoms with Crippen LogP contribution in [0.5, 0.6) is 5.75 Å². The Hall–Kier alpha value is -2.37. The number of carbonyl (C=O) groups excluding carboxylic acids is 1. The van der Waals surface area contributed by atoms with E-state index in [9.17, 15) is 19.9 Å². The molecule has 0 unspecified atom stereocenters. The van der Waals surface area contributed by atoms with Crippen LogP contribution in [0.3, 0.4) is 0 Å². The number of aromatic nitrogens is 2. The van der Waals surface area contributed by atoms with Gasteiger partial charge in [-0.15, -0.1) is 4.73 Å². The lowest BCUT2D eigenvalue weighted by atomic mass is 10.2. The standard InChI is InChI=1S/C9H6N2O4/c12-4-6-7(13)5-2-1-3-10-8(5)11(15)9(6)14/h1-4,13,15H. The molecule has 76 valence electrons. The first-order valence-corrected chi connectivity index (χ1v) is 4.04. The van der Waals surface area contributed by atoms with E-state index in [1.54, 1.807) is 0 Å². The lowest BCUT2D eigenvalue weighted by Crippen LogP contribution is -2.22. The number of nitrogens with zero attached hydrogens (tertiary/aromatic N) is 2. The molecule has 0 bridgehead atoms. The molecule has 2 aromatic heterocycles. The number of fused-ring (bicyclic) bond motifs is 1. The van der Waals surface area contributed by atoms with E-state index in [0.717, 1.165) is 0 Å². The van der Waals surface area contributed by atoms with Crippen molar-refractivity contribution < 1.29 is 15.1 Å². The van der Waals surface area contributed by atoms with E-state index in [4.69, 9.17) is 0 Å². The number of carbonyl (C=O) groups is 1. The monoisotopic (exact) mass is 206 g/mol. The Morgan fingerprint density at radius 1 is 1.47 bits per heavy atom. The van der Waals surface area contributed by atoms with Gasteiger partial charge in [-0.05, 0) is 12.1 Å². The highest BCUT2D eigenvalue weighted by Crippen LogP contribution is 2.22. The van der Waals surface area contributed by atoms with Crippen LogP contribution in [0.4, 0.5) is 0 Å². The van der Waals surface area contributed by atoms with Crippen LogP contribution >= 0.6 is 0 Å². The first-order valence-electron chi connectivity index (χ1n) is 4.04. The zero-order chi connectivity index (χ0) is 11.0. The minimum Gasteiger partial charge on any atom is -0.506 e. The quantitative estimate of drug-likeness (QED) is 0.511. The van der Waals surface area contributed by atoms with Crippen LogP contribution in [-0.4, -0.2) is 26.3 Å². The van der Waals surface area contributed by atoms with Gasteiger partial charge in [-0.2, -0.15) is 0 Å². The molecule has 0 fully saturated rings. The fourth-order valence-corrected chi connectivity index (χ4v) is 1.31. The predicted octanol–water partition coefficient (Wildman–Crippen LogP) is 0.152. The van der Waals surface area contributed by atoms with Gasteiger partial charge < -0.3 is 10.3 Å². The summed E-state index contributed by atoms with van der Waals surface area (Å²) in [7, 11) is 0. The van der Waals surface area contributed by atoms with Crippen LogP contribution in [0.2, 0.25) is 0 Å². The molecule has 2 heterocycles. The largest absolute Gasteiger partial charge is 0.506 e. The van der Waals surface area contributed by atoms with Gasteiger partial charge in [-0.1, -0.05) is 0 Å². The molecule has 2 N–H and O–H groups in total. The van der Waals surface area contributed by atoms with Crippen LogP contribution in [0.1, 0.15) is 10.4 Å². The molecule has 0 spiro atoms. The fraction of sp³-hybridized carbons (Fsp3) is 0. The Labute approximate surface area is 83.0 Å².